The van der Waals surface area contributed by atoms with Crippen LogP contribution >= 0.6 is 0 Å². The van der Waals surface area contributed by atoms with Crippen molar-refractivity contribution in [2.45, 2.75) is 24.8 Å². The molecule has 0 spiro atoms. The first-order valence-corrected chi connectivity index (χ1v) is 11.6. The summed E-state index contributed by atoms with van der Waals surface area (Å²) in [6, 6.07) is 10.3. The number of anilines is 1. The molecule has 1 aliphatic rings. The summed E-state index contributed by atoms with van der Waals surface area (Å²) in [6.07, 6.45) is 6.53. The number of aromatic nitrogens is 4. The van der Waals surface area contributed by atoms with Gasteiger partial charge < -0.3 is 0 Å². The van der Waals surface area contributed by atoms with Crippen molar-refractivity contribution in [2.75, 3.05) is 18.0 Å². The first-order chi connectivity index (χ1) is 15.0. The zero-order valence-electron chi connectivity index (χ0n) is 16.6. The van der Waals surface area contributed by atoms with Crippen LogP contribution in [0, 0.1) is 17.1 Å². The molecule has 8 nitrogen and oxygen atoms in total. The monoisotopic (exact) mass is 480 g/mol. The second-order valence-corrected chi connectivity index (χ2v) is 9.82. The number of halogens is 1. The molecule has 0 unspecified atom stereocenters. The van der Waals surface area contributed by atoms with Crippen LogP contribution in [-0.2, 0) is 5.54 Å². The normalized spacial score (nSPS) is 15.8. The predicted octanol–water partition coefficient (Wildman–Crippen LogP) is 0.475. The zero-order valence-corrected chi connectivity index (χ0v) is 18.5. The summed E-state index contributed by atoms with van der Waals surface area (Å²) in [5.74, 6) is -0.0147. The van der Waals surface area contributed by atoms with Crippen LogP contribution in [0.4, 0.5) is 10.2 Å². The van der Waals surface area contributed by atoms with E-state index in [1.54, 1.807) is 29.2 Å². The molecule has 157 valence electrons. The summed E-state index contributed by atoms with van der Waals surface area (Å²) in [6.45, 7) is 1.40. The molecule has 31 heavy (non-hydrogen) atoms. The number of hydrogen-bond acceptors (Lipinski definition) is 6. The third kappa shape index (κ3) is 4.44. The van der Waals surface area contributed by atoms with Crippen LogP contribution in [0.5, 0.6) is 0 Å². The Balaban J connectivity index is 1.62. The fourth-order valence-electron chi connectivity index (χ4n) is 3.76. The third-order valence-corrected chi connectivity index (χ3v) is 7.81. The zero-order chi connectivity index (χ0) is 21.8. The Labute approximate surface area is 185 Å². The van der Waals surface area contributed by atoms with Gasteiger partial charge in [-0.3, -0.25) is 0 Å². The van der Waals surface area contributed by atoms with Gasteiger partial charge in [-0.2, -0.15) is 0 Å². The van der Waals surface area contributed by atoms with Gasteiger partial charge in [-0.25, -0.2) is 0 Å². The number of benzene rings is 1. The molecule has 2 aromatic heterocycles. The molecule has 3 heterocycles. The van der Waals surface area contributed by atoms with Crippen molar-refractivity contribution >= 4 is 36.3 Å². The van der Waals surface area contributed by atoms with Crippen LogP contribution in [0.3, 0.4) is 0 Å². The minimum atomic E-state index is -0.655. The molecule has 0 saturated carbocycles. The van der Waals surface area contributed by atoms with Crippen LogP contribution in [0.1, 0.15) is 29.6 Å². The van der Waals surface area contributed by atoms with Crippen molar-refractivity contribution in [3.63, 3.8) is 0 Å². The van der Waals surface area contributed by atoms with Crippen molar-refractivity contribution in [3.8, 4) is 6.07 Å². The van der Waals surface area contributed by atoms with E-state index in [0.717, 1.165) is 10.2 Å². The Morgan fingerprint density at radius 3 is 2.61 bits per heavy atom. The summed E-state index contributed by atoms with van der Waals surface area (Å²) in [7, 11) is 0. The molecule has 1 fully saturated rings. The minimum absolute atomic E-state index is 0.275. The van der Waals surface area contributed by atoms with E-state index < -0.39 is 27.2 Å². The third-order valence-electron chi connectivity index (χ3n) is 5.50. The van der Waals surface area contributed by atoms with E-state index in [1.807, 2.05) is 6.07 Å². The Morgan fingerprint density at radius 1 is 1.26 bits per heavy atom. The van der Waals surface area contributed by atoms with E-state index in [0.29, 0.717) is 36.0 Å². The van der Waals surface area contributed by atoms with Crippen molar-refractivity contribution in [1.82, 2.24) is 19.7 Å². The average molecular weight is 480 g/mol. The molecular weight excluding hydrogens is 460 g/mol. The van der Waals surface area contributed by atoms with Gasteiger partial charge in [0.2, 0.25) is 0 Å². The molecule has 4 rings (SSSR count). The number of amides is 1. The Kier molecular flexibility index (Phi) is 6.01. The van der Waals surface area contributed by atoms with E-state index in [-0.39, 0.29) is 12.2 Å². The van der Waals surface area contributed by atoms with Crippen molar-refractivity contribution in [1.29, 1.82) is 5.26 Å². The second-order valence-electron chi connectivity index (χ2n) is 7.38. The SMILES string of the molecule is N#CCC1(n2cc(C(N)=O)c([As]c3ccc(F)cc3)n2)CCN(c2ccncn2)CC1. The van der Waals surface area contributed by atoms with Crippen molar-refractivity contribution in [2.24, 2.45) is 5.73 Å². The van der Waals surface area contributed by atoms with Crippen LogP contribution in [0.2, 0.25) is 0 Å². The van der Waals surface area contributed by atoms with Crippen molar-refractivity contribution in [3.05, 3.63) is 60.4 Å². The van der Waals surface area contributed by atoms with E-state index in [1.165, 1.54) is 18.5 Å². The summed E-state index contributed by atoms with van der Waals surface area (Å²) in [5, 5.41) is 14.3. The maximum absolute atomic E-state index is 13.2. The number of nitriles is 1. The fourth-order valence-corrected chi connectivity index (χ4v) is 5.80. The first kappa shape index (κ1) is 21.0. The predicted molar refractivity (Wildman–Crippen MR) is 114 cm³/mol. The average Bonchev–Trinajstić information content (AvgIpc) is 3.21. The second kappa shape index (κ2) is 8.86. The number of nitrogens with two attached hydrogens (primary N) is 1. The molecular formula is C21H20AsFN7O. The topological polar surface area (TPSA) is 114 Å². The number of hydrogen-bond donors (Lipinski definition) is 1. The van der Waals surface area contributed by atoms with Gasteiger partial charge in [0.25, 0.3) is 0 Å². The number of rotatable bonds is 6. The van der Waals surface area contributed by atoms with E-state index in [4.69, 9.17) is 10.8 Å². The van der Waals surface area contributed by atoms with Gasteiger partial charge >= 0.3 is 186 Å². The van der Waals surface area contributed by atoms with Crippen LogP contribution in [0.15, 0.2) is 49.1 Å². The molecule has 1 radical (unpaired) electrons. The quantitative estimate of drug-likeness (QED) is 0.514. The number of carbonyl (C=O) groups excluding carboxylic acids is 1. The number of nitrogens with zero attached hydrogens (tertiary/aromatic N) is 6. The molecule has 0 bridgehead atoms. The van der Waals surface area contributed by atoms with Crippen LogP contribution in [-0.4, -0.2) is 54.5 Å². The van der Waals surface area contributed by atoms with E-state index in [9.17, 15) is 14.4 Å². The van der Waals surface area contributed by atoms with Gasteiger partial charge in [-0.15, -0.1) is 0 Å². The molecule has 3 aromatic rings. The maximum atomic E-state index is 13.2. The summed E-state index contributed by atoms with van der Waals surface area (Å²) in [4.78, 5) is 22.5. The van der Waals surface area contributed by atoms with E-state index >= 15 is 0 Å². The number of carbonyl (C=O) groups is 1. The number of piperidine rings is 1. The molecule has 1 aromatic carbocycles. The summed E-state index contributed by atoms with van der Waals surface area (Å²) in [5.41, 5.74) is 5.46. The van der Waals surface area contributed by atoms with E-state index in [2.05, 4.69) is 20.9 Å². The standard InChI is InChI=1S/C21H20AsFN7O/c23-16-3-1-15(2-4-16)22-19-17(20(25)31)13-30(28-19)21(6-9-24)7-11-29(12-8-21)18-5-10-26-14-27-18/h1-5,10,13-14H,6-8,11-12H2,(H2,25,31). The van der Waals surface area contributed by atoms with Crippen molar-refractivity contribution < 1.29 is 9.18 Å². The number of primary amides is 1. The molecule has 2 N–H and O–H groups in total. The first-order valence-electron chi connectivity index (χ1n) is 9.76. The Morgan fingerprint density at radius 2 is 2.00 bits per heavy atom. The molecule has 0 aliphatic carbocycles. The van der Waals surface area contributed by atoms with Gasteiger partial charge in [-0.1, -0.05) is 0 Å². The van der Waals surface area contributed by atoms with Gasteiger partial charge in [0.1, 0.15) is 0 Å². The summed E-state index contributed by atoms with van der Waals surface area (Å²) < 4.78 is 16.5. The molecule has 10 heteroatoms. The Hall–Kier alpha value is -3.24. The van der Waals surface area contributed by atoms with Gasteiger partial charge in [0.05, 0.1) is 0 Å². The summed E-state index contributed by atoms with van der Waals surface area (Å²) >= 11 is -0.655. The Bertz CT molecular complexity index is 1100. The fraction of sp³-hybridized carbons (Fsp3) is 0.286. The van der Waals surface area contributed by atoms with Gasteiger partial charge in [0.15, 0.2) is 0 Å². The molecule has 1 aliphatic heterocycles. The van der Waals surface area contributed by atoms with Crippen LogP contribution in [0.25, 0.3) is 0 Å². The molecule has 1 amide bonds. The van der Waals surface area contributed by atoms with Gasteiger partial charge in [-0.05, 0) is 0 Å². The van der Waals surface area contributed by atoms with Gasteiger partial charge in [0, 0.05) is 0 Å². The molecule has 1 saturated heterocycles. The van der Waals surface area contributed by atoms with Crippen LogP contribution < -0.4 is 19.5 Å². The molecule has 0 atom stereocenters.